The zero-order valence-electron chi connectivity index (χ0n) is 12.3. The van der Waals surface area contributed by atoms with Gasteiger partial charge in [-0.1, -0.05) is 11.6 Å². The Morgan fingerprint density at radius 3 is 2.38 bits per heavy atom. The van der Waals surface area contributed by atoms with Gasteiger partial charge >= 0.3 is 0 Å². The zero-order valence-corrected chi connectivity index (χ0v) is 13.8. The number of rotatable bonds is 2. The number of piperazine rings is 1. The predicted molar refractivity (Wildman–Crippen MR) is 82.5 cm³/mol. The van der Waals surface area contributed by atoms with E-state index in [-0.39, 0.29) is 33.5 Å². The highest BCUT2D eigenvalue weighted by Gasteiger charge is 2.27. The van der Waals surface area contributed by atoms with E-state index in [4.69, 9.17) is 11.6 Å². The van der Waals surface area contributed by atoms with Crippen LogP contribution in [0.25, 0.3) is 0 Å². The van der Waals surface area contributed by atoms with Gasteiger partial charge in [-0.25, -0.2) is 8.42 Å². The molecule has 1 heterocycles. The first kappa shape index (κ1) is 16.3. The maximum absolute atomic E-state index is 12.6. The molecule has 21 heavy (non-hydrogen) atoms. The Hall–Kier alpha value is -1.11. The Labute approximate surface area is 130 Å². The van der Waals surface area contributed by atoms with Crippen molar-refractivity contribution in [2.45, 2.75) is 30.8 Å². The van der Waals surface area contributed by atoms with Gasteiger partial charge in [0.25, 0.3) is 5.91 Å². The van der Waals surface area contributed by atoms with E-state index in [0.717, 1.165) is 6.26 Å². The molecule has 2 atom stereocenters. The summed E-state index contributed by atoms with van der Waals surface area (Å²) in [6.45, 7) is 5.15. The third kappa shape index (κ3) is 3.75. The maximum atomic E-state index is 12.6. The maximum Gasteiger partial charge on any atom is 0.255 e. The van der Waals surface area contributed by atoms with Gasteiger partial charge in [-0.3, -0.25) is 4.79 Å². The molecule has 0 radical (unpaired) electrons. The second-order valence-electron chi connectivity index (χ2n) is 5.59. The van der Waals surface area contributed by atoms with Gasteiger partial charge in [0.1, 0.15) is 0 Å². The first-order chi connectivity index (χ1) is 9.68. The van der Waals surface area contributed by atoms with Crippen LogP contribution < -0.4 is 5.32 Å². The molecule has 1 aromatic rings. The molecule has 1 saturated heterocycles. The van der Waals surface area contributed by atoms with Gasteiger partial charge in [0, 0.05) is 31.4 Å². The summed E-state index contributed by atoms with van der Waals surface area (Å²) in [6, 6.07) is 4.61. The number of halogens is 1. The molecular formula is C14H19ClN2O3S. The average molecular weight is 331 g/mol. The minimum Gasteiger partial charge on any atom is -0.335 e. The number of carbonyl (C=O) groups is 1. The first-order valence-corrected chi connectivity index (χ1v) is 9.00. The van der Waals surface area contributed by atoms with Crippen molar-refractivity contribution < 1.29 is 13.2 Å². The van der Waals surface area contributed by atoms with E-state index >= 15 is 0 Å². The van der Waals surface area contributed by atoms with Gasteiger partial charge in [-0.2, -0.15) is 0 Å². The molecule has 2 rings (SSSR count). The molecule has 2 unspecified atom stereocenters. The molecule has 0 saturated carbocycles. The van der Waals surface area contributed by atoms with Crippen LogP contribution in [0.5, 0.6) is 0 Å². The summed E-state index contributed by atoms with van der Waals surface area (Å²) in [5.74, 6) is -0.231. The summed E-state index contributed by atoms with van der Waals surface area (Å²) in [4.78, 5) is 14.4. The summed E-state index contributed by atoms with van der Waals surface area (Å²) in [7, 11) is -3.37. The number of sulfone groups is 1. The minimum absolute atomic E-state index is 0.103. The molecule has 1 aliphatic heterocycles. The largest absolute Gasteiger partial charge is 0.335 e. The number of hydrogen-bond acceptors (Lipinski definition) is 4. The Kier molecular flexibility index (Phi) is 4.60. The predicted octanol–water partition coefficient (Wildman–Crippen LogP) is 1.57. The van der Waals surface area contributed by atoms with E-state index in [2.05, 4.69) is 5.32 Å². The van der Waals surface area contributed by atoms with Crippen LogP contribution in [-0.4, -0.2) is 50.7 Å². The van der Waals surface area contributed by atoms with E-state index < -0.39 is 9.84 Å². The van der Waals surface area contributed by atoms with Crippen molar-refractivity contribution in [3.05, 3.63) is 28.8 Å². The van der Waals surface area contributed by atoms with Crippen LogP contribution in [0.1, 0.15) is 24.2 Å². The third-order valence-corrected chi connectivity index (χ3v) is 4.88. The van der Waals surface area contributed by atoms with Crippen molar-refractivity contribution in [1.82, 2.24) is 10.2 Å². The molecule has 1 amide bonds. The molecular weight excluding hydrogens is 312 g/mol. The fourth-order valence-electron chi connectivity index (χ4n) is 2.56. The van der Waals surface area contributed by atoms with Crippen LogP contribution in [0.2, 0.25) is 5.02 Å². The summed E-state index contributed by atoms with van der Waals surface area (Å²) in [5, 5.41) is 3.61. The quantitative estimate of drug-likeness (QED) is 0.893. The number of nitrogens with one attached hydrogen (secondary N) is 1. The molecule has 1 aromatic carbocycles. The van der Waals surface area contributed by atoms with Crippen LogP contribution in [0, 0.1) is 0 Å². The summed E-state index contributed by atoms with van der Waals surface area (Å²) >= 11 is 6.08. The molecule has 7 heteroatoms. The number of nitrogens with zero attached hydrogens (tertiary/aromatic N) is 1. The Balaban J connectivity index is 2.34. The molecule has 0 aromatic heterocycles. The van der Waals surface area contributed by atoms with Gasteiger partial charge in [-0.05, 0) is 32.0 Å². The normalized spacial score (nSPS) is 23.1. The lowest BCUT2D eigenvalue weighted by molar-refractivity contribution is 0.0673. The Morgan fingerprint density at radius 2 is 1.86 bits per heavy atom. The van der Waals surface area contributed by atoms with Crippen molar-refractivity contribution in [3.63, 3.8) is 0 Å². The van der Waals surface area contributed by atoms with Crippen LogP contribution in [-0.2, 0) is 9.84 Å². The molecule has 5 nitrogen and oxygen atoms in total. The summed E-state index contributed by atoms with van der Waals surface area (Å²) < 4.78 is 23.2. The van der Waals surface area contributed by atoms with Crippen LogP contribution >= 0.6 is 11.6 Å². The molecule has 1 N–H and O–H groups in total. The van der Waals surface area contributed by atoms with Crippen LogP contribution in [0.15, 0.2) is 23.1 Å². The SMILES string of the molecule is CC1CN(C(=O)c2cc(S(C)(=O)=O)ccc2Cl)CC(C)N1. The second kappa shape index (κ2) is 5.94. The topological polar surface area (TPSA) is 66.5 Å². The number of benzene rings is 1. The van der Waals surface area contributed by atoms with E-state index in [1.807, 2.05) is 13.8 Å². The van der Waals surface area contributed by atoms with Crippen molar-refractivity contribution in [3.8, 4) is 0 Å². The first-order valence-electron chi connectivity index (χ1n) is 6.73. The van der Waals surface area contributed by atoms with E-state index in [9.17, 15) is 13.2 Å². The monoisotopic (exact) mass is 330 g/mol. The van der Waals surface area contributed by atoms with Gasteiger partial charge < -0.3 is 10.2 Å². The fourth-order valence-corrected chi connectivity index (χ4v) is 3.41. The molecule has 0 aliphatic carbocycles. The lowest BCUT2D eigenvalue weighted by Gasteiger charge is -2.36. The molecule has 0 bridgehead atoms. The minimum atomic E-state index is -3.37. The lowest BCUT2D eigenvalue weighted by Crippen LogP contribution is -2.55. The molecule has 0 spiro atoms. The molecule has 1 fully saturated rings. The Morgan fingerprint density at radius 1 is 1.29 bits per heavy atom. The molecule has 116 valence electrons. The number of carbonyl (C=O) groups excluding carboxylic acids is 1. The van der Waals surface area contributed by atoms with Gasteiger partial charge in [0.2, 0.25) is 0 Å². The highest BCUT2D eigenvalue weighted by molar-refractivity contribution is 7.90. The van der Waals surface area contributed by atoms with Gasteiger partial charge in [0.15, 0.2) is 9.84 Å². The van der Waals surface area contributed by atoms with Crippen molar-refractivity contribution in [2.24, 2.45) is 0 Å². The number of amides is 1. The van der Waals surface area contributed by atoms with Crippen molar-refractivity contribution in [1.29, 1.82) is 0 Å². The third-order valence-electron chi connectivity index (χ3n) is 3.44. The van der Waals surface area contributed by atoms with Crippen molar-refractivity contribution >= 4 is 27.3 Å². The van der Waals surface area contributed by atoms with E-state index in [1.165, 1.54) is 18.2 Å². The Bertz CT molecular complexity index is 650. The number of hydrogen-bond donors (Lipinski definition) is 1. The average Bonchev–Trinajstić information content (AvgIpc) is 2.36. The zero-order chi connectivity index (χ0) is 15.8. The van der Waals surface area contributed by atoms with Crippen LogP contribution in [0.3, 0.4) is 0 Å². The summed E-state index contributed by atoms with van der Waals surface area (Å²) in [5.41, 5.74) is 0.237. The van der Waals surface area contributed by atoms with Gasteiger partial charge in [0.05, 0.1) is 15.5 Å². The lowest BCUT2D eigenvalue weighted by atomic mass is 10.1. The van der Waals surface area contributed by atoms with Gasteiger partial charge in [-0.15, -0.1) is 0 Å². The van der Waals surface area contributed by atoms with Crippen LogP contribution in [0.4, 0.5) is 0 Å². The fraction of sp³-hybridized carbons (Fsp3) is 0.500. The standard InChI is InChI=1S/C14H19ClN2O3S/c1-9-7-17(8-10(2)16-9)14(18)12-6-11(21(3,19)20)4-5-13(12)15/h4-6,9-10,16H,7-8H2,1-3H3. The van der Waals surface area contributed by atoms with E-state index in [0.29, 0.717) is 13.1 Å². The molecule has 1 aliphatic rings. The second-order valence-corrected chi connectivity index (χ2v) is 8.02. The van der Waals surface area contributed by atoms with E-state index in [1.54, 1.807) is 4.90 Å². The highest BCUT2D eigenvalue weighted by Crippen LogP contribution is 2.23. The smallest absolute Gasteiger partial charge is 0.255 e. The highest BCUT2D eigenvalue weighted by atomic mass is 35.5. The van der Waals surface area contributed by atoms with Crippen molar-refractivity contribution in [2.75, 3.05) is 19.3 Å². The summed E-state index contributed by atoms with van der Waals surface area (Å²) in [6.07, 6.45) is 1.11.